The largest absolute Gasteiger partial charge is 0.374 e. The van der Waals surface area contributed by atoms with Gasteiger partial charge in [0.2, 0.25) is 0 Å². The number of likely N-dealkylation sites (tertiary alicyclic amines) is 1. The van der Waals surface area contributed by atoms with Crippen LogP contribution in [-0.2, 0) is 6.42 Å². The van der Waals surface area contributed by atoms with Crippen LogP contribution in [0.4, 0.5) is 5.69 Å². The number of nitrogens with zero attached hydrogens (tertiary/aromatic N) is 2. The van der Waals surface area contributed by atoms with Gasteiger partial charge in [-0.1, -0.05) is 12.8 Å². The Balaban J connectivity index is 1.81. The zero-order valence-corrected chi connectivity index (χ0v) is 12.4. The average molecular weight is 272 g/mol. The molecule has 3 rings (SSSR count). The highest BCUT2D eigenvalue weighted by Gasteiger charge is 2.20. The van der Waals surface area contributed by atoms with Crippen LogP contribution in [0.1, 0.15) is 48.0 Å². The number of carbonyl (C=O) groups is 1. The van der Waals surface area contributed by atoms with Gasteiger partial charge in [0.15, 0.2) is 0 Å². The van der Waals surface area contributed by atoms with Crippen LogP contribution in [0.5, 0.6) is 0 Å². The number of benzene rings is 1. The van der Waals surface area contributed by atoms with Gasteiger partial charge in [-0.3, -0.25) is 4.79 Å². The minimum absolute atomic E-state index is 0.225. The summed E-state index contributed by atoms with van der Waals surface area (Å²) in [7, 11) is 2.13. The van der Waals surface area contributed by atoms with E-state index in [1.807, 2.05) is 11.0 Å². The van der Waals surface area contributed by atoms with Crippen molar-refractivity contribution in [1.29, 1.82) is 0 Å². The van der Waals surface area contributed by atoms with Gasteiger partial charge in [-0.15, -0.1) is 0 Å². The molecule has 0 N–H and O–H groups in total. The third-order valence-electron chi connectivity index (χ3n) is 4.57. The number of carbonyl (C=O) groups excluding carboxylic acids is 1. The second-order valence-corrected chi connectivity index (χ2v) is 6.08. The molecule has 2 aliphatic heterocycles. The summed E-state index contributed by atoms with van der Waals surface area (Å²) in [5.74, 6) is 0.225. The molecule has 0 aliphatic carbocycles. The number of amides is 1. The molecule has 0 radical (unpaired) electrons. The molecule has 0 atom stereocenters. The lowest BCUT2D eigenvalue weighted by Crippen LogP contribution is -2.32. The summed E-state index contributed by atoms with van der Waals surface area (Å²) < 4.78 is 0. The fourth-order valence-corrected chi connectivity index (χ4v) is 3.37. The maximum atomic E-state index is 12.6. The van der Waals surface area contributed by atoms with Crippen LogP contribution in [0.3, 0.4) is 0 Å². The molecule has 0 bridgehead atoms. The van der Waals surface area contributed by atoms with Crippen molar-refractivity contribution in [3.8, 4) is 0 Å². The van der Waals surface area contributed by atoms with Gasteiger partial charge in [0, 0.05) is 37.9 Å². The Hall–Kier alpha value is -1.51. The van der Waals surface area contributed by atoms with Crippen molar-refractivity contribution in [2.75, 3.05) is 31.6 Å². The predicted molar refractivity (Wildman–Crippen MR) is 82.4 cm³/mol. The van der Waals surface area contributed by atoms with Gasteiger partial charge < -0.3 is 9.80 Å². The Morgan fingerprint density at radius 1 is 1.00 bits per heavy atom. The van der Waals surface area contributed by atoms with Gasteiger partial charge in [-0.25, -0.2) is 0 Å². The Kier molecular flexibility index (Phi) is 3.95. The summed E-state index contributed by atoms with van der Waals surface area (Å²) in [4.78, 5) is 17.0. The van der Waals surface area contributed by atoms with E-state index < -0.39 is 0 Å². The third-order valence-corrected chi connectivity index (χ3v) is 4.57. The first kappa shape index (κ1) is 13.5. The fraction of sp³-hybridized carbons (Fsp3) is 0.588. The first-order valence-electron chi connectivity index (χ1n) is 7.89. The van der Waals surface area contributed by atoms with E-state index in [-0.39, 0.29) is 5.91 Å². The van der Waals surface area contributed by atoms with Crippen molar-refractivity contribution >= 4 is 11.6 Å². The highest BCUT2D eigenvalue weighted by molar-refractivity contribution is 5.95. The maximum absolute atomic E-state index is 12.6. The van der Waals surface area contributed by atoms with Crippen molar-refractivity contribution in [3.05, 3.63) is 29.3 Å². The predicted octanol–water partition coefficient (Wildman–Crippen LogP) is 3.09. The van der Waals surface area contributed by atoms with Gasteiger partial charge in [0.1, 0.15) is 0 Å². The molecule has 0 spiro atoms. The zero-order valence-electron chi connectivity index (χ0n) is 12.4. The Bertz CT molecular complexity index is 490. The second kappa shape index (κ2) is 5.86. The van der Waals surface area contributed by atoms with Gasteiger partial charge in [-0.2, -0.15) is 0 Å². The molecule has 3 nitrogen and oxygen atoms in total. The minimum atomic E-state index is 0.225. The number of hydrogen-bond donors (Lipinski definition) is 0. The van der Waals surface area contributed by atoms with Crippen molar-refractivity contribution in [1.82, 2.24) is 4.90 Å². The molecule has 108 valence electrons. The molecule has 0 saturated carbocycles. The van der Waals surface area contributed by atoms with E-state index in [1.54, 1.807) is 0 Å². The third kappa shape index (κ3) is 2.67. The van der Waals surface area contributed by atoms with Crippen molar-refractivity contribution in [3.63, 3.8) is 0 Å². The van der Waals surface area contributed by atoms with E-state index in [4.69, 9.17) is 0 Å². The van der Waals surface area contributed by atoms with Crippen LogP contribution in [0.25, 0.3) is 0 Å². The number of fused-ring (bicyclic) bond motifs is 1. The van der Waals surface area contributed by atoms with E-state index in [1.165, 1.54) is 30.5 Å². The summed E-state index contributed by atoms with van der Waals surface area (Å²) in [6.45, 7) is 2.97. The Labute approximate surface area is 121 Å². The summed E-state index contributed by atoms with van der Waals surface area (Å²) in [6, 6.07) is 6.26. The lowest BCUT2D eigenvalue weighted by Gasteiger charge is -2.28. The maximum Gasteiger partial charge on any atom is 0.253 e. The van der Waals surface area contributed by atoms with E-state index >= 15 is 0 Å². The van der Waals surface area contributed by atoms with Crippen LogP contribution in [-0.4, -0.2) is 37.5 Å². The van der Waals surface area contributed by atoms with E-state index in [2.05, 4.69) is 24.1 Å². The van der Waals surface area contributed by atoms with E-state index in [9.17, 15) is 4.79 Å². The normalized spacial score (nSPS) is 19.4. The summed E-state index contributed by atoms with van der Waals surface area (Å²) in [5, 5.41) is 0. The summed E-state index contributed by atoms with van der Waals surface area (Å²) in [5.41, 5.74) is 3.50. The monoisotopic (exact) mass is 272 g/mol. The standard InChI is InChI=1S/C17H24N2O/c1-18-10-6-7-14-13-15(8-9-16(14)18)17(20)19-11-4-2-3-5-12-19/h8-9,13H,2-7,10-12H2,1H3. The fourth-order valence-electron chi connectivity index (χ4n) is 3.37. The first-order chi connectivity index (χ1) is 9.75. The molecule has 2 heterocycles. The summed E-state index contributed by atoms with van der Waals surface area (Å²) in [6.07, 6.45) is 7.11. The Morgan fingerprint density at radius 3 is 2.50 bits per heavy atom. The van der Waals surface area contributed by atoms with Crippen LogP contribution >= 0.6 is 0 Å². The first-order valence-corrected chi connectivity index (χ1v) is 7.89. The number of anilines is 1. The molecular formula is C17H24N2O. The minimum Gasteiger partial charge on any atom is -0.374 e. The molecule has 3 heteroatoms. The summed E-state index contributed by atoms with van der Waals surface area (Å²) >= 11 is 0. The molecule has 2 aliphatic rings. The number of hydrogen-bond acceptors (Lipinski definition) is 2. The average Bonchev–Trinajstić information content (AvgIpc) is 2.75. The van der Waals surface area contributed by atoms with Crippen LogP contribution in [0, 0.1) is 0 Å². The quantitative estimate of drug-likeness (QED) is 0.784. The molecule has 1 aromatic carbocycles. The zero-order chi connectivity index (χ0) is 13.9. The lowest BCUT2D eigenvalue weighted by molar-refractivity contribution is 0.0761. The van der Waals surface area contributed by atoms with E-state index in [0.29, 0.717) is 0 Å². The van der Waals surface area contributed by atoms with Crippen LogP contribution < -0.4 is 4.90 Å². The lowest BCUT2D eigenvalue weighted by atomic mass is 9.99. The Morgan fingerprint density at radius 2 is 1.75 bits per heavy atom. The molecule has 1 aromatic rings. The van der Waals surface area contributed by atoms with Crippen molar-refractivity contribution < 1.29 is 4.79 Å². The topological polar surface area (TPSA) is 23.6 Å². The highest BCUT2D eigenvalue weighted by Crippen LogP contribution is 2.27. The SMILES string of the molecule is CN1CCCc2cc(C(=O)N3CCCCCC3)ccc21. The van der Waals surface area contributed by atoms with Crippen molar-refractivity contribution in [2.45, 2.75) is 38.5 Å². The smallest absolute Gasteiger partial charge is 0.253 e. The van der Waals surface area contributed by atoms with Crippen LogP contribution in [0.15, 0.2) is 18.2 Å². The molecular weight excluding hydrogens is 248 g/mol. The second-order valence-electron chi connectivity index (χ2n) is 6.08. The van der Waals surface area contributed by atoms with Crippen LogP contribution in [0.2, 0.25) is 0 Å². The highest BCUT2D eigenvalue weighted by atomic mass is 16.2. The number of aryl methyl sites for hydroxylation is 1. The van der Waals surface area contributed by atoms with Gasteiger partial charge >= 0.3 is 0 Å². The molecule has 1 saturated heterocycles. The van der Waals surface area contributed by atoms with Crippen molar-refractivity contribution in [2.24, 2.45) is 0 Å². The molecule has 0 unspecified atom stereocenters. The van der Waals surface area contributed by atoms with Gasteiger partial charge in [-0.05, 0) is 49.4 Å². The van der Waals surface area contributed by atoms with E-state index in [0.717, 1.165) is 44.5 Å². The number of rotatable bonds is 1. The molecule has 1 amide bonds. The van der Waals surface area contributed by atoms with Gasteiger partial charge in [0.05, 0.1) is 0 Å². The van der Waals surface area contributed by atoms with Gasteiger partial charge in [0.25, 0.3) is 5.91 Å². The molecule has 0 aromatic heterocycles. The molecule has 1 fully saturated rings. The molecule has 20 heavy (non-hydrogen) atoms.